The highest BCUT2D eigenvalue weighted by molar-refractivity contribution is 5.98. The lowest BCUT2D eigenvalue weighted by molar-refractivity contribution is -0.117. The average Bonchev–Trinajstić information content (AvgIpc) is 2.74. The third-order valence-electron chi connectivity index (χ3n) is 4.74. The van der Waals surface area contributed by atoms with Gasteiger partial charge in [0, 0.05) is 17.4 Å². The Balaban J connectivity index is 1.91. The fraction of sp³-hybridized carbons (Fsp3) is 0.208. The van der Waals surface area contributed by atoms with Gasteiger partial charge in [0.1, 0.15) is 6.04 Å². The topological polar surface area (TPSA) is 59.6 Å². The van der Waals surface area contributed by atoms with Crippen molar-refractivity contribution in [3.63, 3.8) is 0 Å². The minimum Gasteiger partial charge on any atom is -0.493 e. The van der Waals surface area contributed by atoms with Crippen LogP contribution in [0.3, 0.4) is 0 Å². The normalized spacial score (nSPS) is 11.4. The van der Waals surface area contributed by atoms with E-state index in [-0.39, 0.29) is 5.91 Å². The Morgan fingerprint density at radius 2 is 1.59 bits per heavy atom. The Kier molecular flexibility index (Phi) is 6.39. The molecule has 5 heteroatoms. The lowest BCUT2D eigenvalue weighted by atomic mass is 10.0. The van der Waals surface area contributed by atoms with Crippen molar-refractivity contribution in [1.82, 2.24) is 0 Å². The lowest BCUT2D eigenvalue weighted by Crippen LogP contribution is -2.27. The number of carbonyl (C=O) groups is 1. The predicted octanol–water partition coefficient (Wildman–Crippen LogP) is 5.11. The zero-order valence-corrected chi connectivity index (χ0v) is 17.2. The number of carbonyl (C=O) groups excluding carboxylic acids is 1. The van der Waals surface area contributed by atoms with Crippen LogP contribution in [0.15, 0.2) is 66.7 Å². The van der Waals surface area contributed by atoms with E-state index in [1.165, 1.54) is 0 Å². The van der Waals surface area contributed by atoms with Crippen LogP contribution in [-0.4, -0.2) is 20.1 Å². The smallest absolute Gasteiger partial charge is 0.251 e. The molecule has 0 radical (unpaired) electrons. The third-order valence-corrected chi connectivity index (χ3v) is 4.74. The number of benzene rings is 3. The van der Waals surface area contributed by atoms with Crippen LogP contribution in [0.5, 0.6) is 11.5 Å². The van der Waals surface area contributed by atoms with Crippen LogP contribution in [0.1, 0.15) is 22.7 Å². The summed E-state index contributed by atoms with van der Waals surface area (Å²) in [6.45, 7) is 3.99. The first-order valence-corrected chi connectivity index (χ1v) is 9.43. The first-order valence-electron chi connectivity index (χ1n) is 9.43. The molecule has 0 unspecified atom stereocenters. The molecule has 3 aromatic rings. The fourth-order valence-electron chi connectivity index (χ4n) is 3.11. The van der Waals surface area contributed by atoms with E-state index in [9.17, 15) is 4.79 Å². The number of rotatable bonds is 7. The van der Waals surface area contributed by atoms with Gasteiger partial charge in [0.05, 0.1) is 14.2 Å². The summed E-state index contributed by atoms with van der Waals surface area (Å²) in [5, 5.41) is 6.39. The second-order valence-electron chi connectivity index (χ2n) is 6.87. The largest absolute Gasteiger partial charge is 0.493 e. The molecule has 0 aromatic heterocycles. The van der Waals surface area contributed by atoms with E-state index in [0.717, 1.165) is 28.1 Å². The Morgan fingerprint density at radius 3 is 2.28 bits per heavy atom. The van der Waals surface area contributed by atoms with Crippen LogP contribution in [-0.2, 0) is 4.79 Å². The van der Waals surface area contributed by atoms with E-state index in [0.29, 0.717) is 11.5 Å². The Hall–Kier alpha value is -3.47. The Bertz CT molecular complexity index is 987. The molecule has 0 spiro atoms. The molecular formula is C24H26N2O3. The molecule has 0 fully saturated rings. The van der Waals surface area contributed by atoms with Crippen LogP contribution >= 0.6 is 0 Å². The molecule has 2 N–H and O–H groups in total. The van der Waals surface area contributed by atoms with Gasteiger partial charge >= 0.3 is 0 Å². The van der Waals surface area contributed by atoms with Crippen LogP contribution in [0.4, 0.5) is 11.4 Å². The number of hydrogen-bond donors (Lipinski definition) is 2. The average molecular weight is 390 g/mol. The molecular weight excluding hydrogens is 364 g/mol. The molecule has 150 valence electrons. The number of hydrogen-bond acceptors (Lipinski definition) is 4. The van der Waals surface area contributed by atoms with Gasteiger partial charge in [-0.3, -0.25) is 4.79 Å². The van der Waals surface area contributed by atoms with Gasteiger partial charge in [0.2, 0.25) is 0 Å². The molecule has 0 saturated carbocycles. The van der Waals surface area contributed by atoms with E-state index in [1.807, 2.05) is 80.6 Å². The second kappa shape index (κ2) is 9.15. The summed E-state index contributed by atoms with van der Waals surface area (Å²) < 4.78 is 10.7. The number of anilines is 2. The summed E-state index contributed by atoms with van der Waals surface area (Å²) in [6.07, 6.45) is 0. The summed E-state index contributed by atoms with van der Waals surface area (Å²) >= 11 is 0. The summed E-state index contributed by atoms with van der Waals surface area (Å²) in [5.74, 6) is 1.09. The van der Waals surface area contributed by atoms with Gasteiger partial charge in [-0.2, -0.15) is 0 Å². The summed E-state index contributed by atoms with van der Waals surface area (Å²) in [4.78, 5) is 13.2. The number of amides is 1. The molecule has 1 amide bonds. The van der Waals surface area contributed by atoms with Crippen molar-refractivity contribution >= 4 is 17.3 Å². The number of ether oxygens (including phenoxy) is 2. The van der Waals surface area contributed by atoms with E-state index < -0.39 is 6.04 Å². The lowest BCUT2D eigenvalue weighted by Gasteiger charge is -2.21. The highest BCUT2D eigenvalue weighted by Crippen LogP contribution is 2.32. The van der Waals surface area contributed by atoms with E-state index in [1.54, 1.807) is 14.2 Å². The van der Waals surface area contributed by atoms with Crippen LogP contribution in [0.25, 0.3) is 0 Å². The summed E-state index contributed by atoms with van der Waals surface area (Å²) in [6, 6.07) is 20.6. The van der Waals surface area contributed by atoms with Crippen LogP contribution in [0, 0.1) is 13.8 Å². The van der Waals surface area contributed by atoms with E-state index >= 15 is 0 Å². The molecule has 3 rings (SSSR count). The summed E-state index contributed by atoms with van der Waals surface area (Å²) in [7, 11) is 3.18. The van der Waals surface area contributed by atoms with Gasteiger partial charge in [-0.15, -0.1) is 0 Å². The van der Waals surface area contributed by atoms with Crippen LogP contribution in [0.2, 0.25) is 0 Å². The minimum absolute atomic E-state index is 0.139. The van der Waals surface area contributed by atoms with E-state index in [4.69, 9.17) is 9.47 Å². The molecule has 29 heavy (non-hydrogen) atoms. The van der Waals surface area contributed by atoms with Gasteiger partial charge in [-0.05, 0) is 48.7 Å². The number of methoxy groups -OCH3 is 2. The van der Waals surface area contributed by atoms with Crippen molar-refractivity contribution in [1.29, 1.82) is 0 Å². The van der Waals surface area contributed by atoms with Crippen molar-refractivity contribution in [3.8, 4) is 11.5 Å². The molecule has 1 atom stereocenters. The molecule has 0 bridgehead atoms. The van der Waals surface area contributed by atoms with Crippen molar-refractivity contribution in [2.75, 3.05) is 24.9 Å². The highest BCUT2D eigenvalue weighted by Gasteiger charge is 2.22. The number of nitrogens with one attached hydrogen (secondary N) is 2. The van der Waals surface area contributed by atoms with Gasteiger partial charge in [0.15, 0.2) is 11.5 Å². The maximum atomic E-state index is 13.2. The molecule has 5 nitrogen and oxygen atoms in total. The summed E-state index contributed by atoms with van der Waals surface area (Å²) in [5.41, 5.74) is 4.54. The van der Waals surface area contributed by atoms with Gasteiger partial charge in [-0.25, -0.2) is 0 Å². The molecule has 3 aromatic carbocycles. The Morgan fingerprint density at radius 1 is 0.862 bits per heavy atom. The van der Waals surface area contributed by atoms with Crippen molar-refractivity contribution < 1.29 is 14.3 Å². The first kappa shape index (κ1) is 20.3. The Labute approximate surface area is 171 Å². The predicted molar refractivity (Wildman–Crippen MR) is 117 cm³/mol. The maximum Gasteiger partial charge on any atom is 0.251 e. The molecule has 0 saturated heterocycles. The van der Waals surface area contributed by atoms with Gasteiger partial charge in [0.25, 0.3) is 5.91 Å². The first-order chi connectivity index (χ1) is 14.0. The quantitative estimate of drug-likeness (QED) is 0.588. The molecule has 0 heterocycles. The van der Waals surface area contributed by atoms with Crippen molar-refractivity contribution in [2.24, 2.45) is 0 Å². The molecule has 0 aliphatic heterocycles. The zero-order valence-electron chi connectivity index (χ0n) is 17.2. The standard InChI is InChI=1S/C24H26N2O3/c1-16-10-11-17(2)20(14-16)26-24(27)23(18-8-6-5-7-9-18)25-19-12-13-21(28-3)22(15-19)29-4/h5-15,23,25H,1-4H3,(H,26,27)/t23-/m1/s1. The monoisotopic (exact) mass is 390 g/mol. The fourth-order valence-corrected chi connectivity index (χ4v) is 3.11. The van der Waals surface area contributed by atoms with Gasteiger partial charge in [-0.1, -0.05) is 42.5 Å². The van der Waals surface area contributed by atoms with Crippen molar-refractivity contribution in [2.45, 2.75) is 19.9 Å². The molecule has 0 aliphatic rings. The number of aryl methyl sites for hydroxylation is 2. The van der Waals surface area contributed by atoms with Crippen LogP contribution < -0.4 is 20.1 Å². The zero-order chi connectivity index (χ0) is 20.8. The highest BCUT2D eigenvalue weighted by atomic mass is 16.5. The van der Waals surface area contributed by atoms with E-state index in [2.05, 4.69) is 10.6 Å². The third kappa shape index (κ3) is 4.88. The minimum atomic E-state index is -0.575. The second-order valence-corrected chi connectivity index (χ2v) is 6.87. The maximum absolute atomic E-state index is 13.2. The van der Waals surface area contributed by atoms with Crippen molar-refractivity contribution in [3.05, 3.63) is 83.4 Å². The molecule has 0 aliphatic carbocycles. The SMILES string of the molecule is COc1ccc(N[C@@H](C(=O)Nc2cc(C)ccc2C)c2ccccc2)cc1OC. The van der Waals surface area contributed by atoms with Gasteiger partial charge < -0.3 is 20.1 Å².